The Labute approximate surface area is 191 Å². The summed E-state index contributed by atoms with van der Waals surface area (Å²) in [4.78, 5) is 12.6. The molecule has 2 aromatic carbocycles. The normalized spacial score (nSPS) is 24.9. The van der Waals surface area contributed by atoms with E-state index in [0.29, 0.717) is 24.0 Å². The molecular formula is C24H27IN2O3. The van der Waals surface area contributed by atoms with Crippen molar-refractivity contribution in [3.63, 3.8) is 0 Å². The van der Waals surface area contributed by atoms with Crippen LogP contribution in [-0.4, -0.2) is 19.2 Å². The topological polar surface area (TPSA) is 59.9 Å². The number of methoxy groups -OCH3 is 1. The molecule has 2 saturated carbocycles. The second-order valence-electron chi connectivity index (χ2n) is 8.38. The maximum absolute atomic E-state index is 12.6. The van der Waals surface area contributed by atoms with Crippen LogP contribution in [0.5, 0.6) is 11.5 Å². The third-order valence-corrected chi connectivity index (χ3v) is 7.28. The second kappa shape index (κ2) is 8.96. The van der Waals surface area contributed by atoms with Gasteiger partial charge in [-0.3, -0.25) is 4.79 Å². The molecule has 2 aliphatic rings. The van der Waals surface area contributed by atoms with Gasteiger partial charge in [0.05, 0.1) is 16.9 Å². The number of benzene rings is 2. The van der Waals surface area contributed by atoms with Crippen molar-refractivity contribution >= 4 is 34.7 Å². The molecule has 1 amide bonds. The van der Waals surface area contributed by atoms with Crippen LogP contribution < -0.4 is 14.9 Å². The summed E-state index contributed by atoms with van der Waals surface area (Å²) in [6.45, 7) is 2.71. The fourth-order valence-electron chi connectivity index (χ4n) is 4.77. The molecule has 2 fully saturated rings. The highest BCUT2D eigenvalue weighted by Crippen LogP contribution is 2.66. The van der Waals surface area contributed by atoms with E-state index in [4.69, 9.17) is 9.47 Å². The highest BCUT2D eigenvalue weighted by atomic mass is 127. The Kier molecular flexibility index (Phi) is 6.32. The Morgan fingerprint density at radius 3 is 2.80 bits per heavy atom. The summed E-state index contributed by atoms with van der Waals surface area (Å²) in [5.74, 6) is 2.04. The lowest BCUT2D eigenvalue weighted by Gasteiger charge is -2.15. The minimum Gasteiger partial charge on any atom is -0.493 e. The van der Waals surface area contributed by atoms with Crippen LogP contribution in [-0.2, 0) is 11.4 Å². The number of ether oxygens (including phenoxy) is 2. The van der Waals surface area contributed by atoms with E-state index in [1.165, 1.54) is 12.8 Å². The molecule has 0 unspecified atom stereocenters. The fraction of sp³-hybridized carbons (Fsp3) is 0.417. The van der Waals surface area contributed by atoms with Crippen molar-refractivity contribution in [2.24, 2.45) is 22.4 Å². The molecule has 1 N–H and O–H groups in total. The van der Waals surface area contributed by atoms with Gasteiger partial charge in [0.15, 0.2) is 11.5 Å². The van der Waals surface area contributed by atoms with Crippen molar-refractivity contribution in [1.29, 1.82) is 0 Å². The Morgan fingerprint density at radius 2 is 2.10 bits per heavy atom. The number of carbonyl (C=O) groups is 1. The summed E-state index contributed by atoms with van der Waals surface area (Å²) >= 11 is 2.23. The van der Waals surface area contributed by atoms with Crippen molar-refractivity contribution in [3.05, 3.63) is 57.2 Å². The molecule has 0 spiro atoms. The van der Waals surface area contributed by atoms with Crippen LogP contribution in [0.25, 0.3) is 0 Å². The molecular weight excluding hydrogens is 491 g/mol. The van der Waals surface area contributed by atoms with E-state index in [1.54, 1.807) is 13.3 Å². The molecule has 158 valence electrons. The average Bonchev–Trinajstić information content (AvgIpc) is 3.38. The summed E-state index contributed by atoms with van der Waals surface area (Å²) in [6.07, 6.45) is 6.45. The van der Waals surface area contributed by atoms with E-state index in [9.17, 15) is 4.79 Å². The number of carbonyl (C=O) groups excluding carboxylic acids is 1. The molecule has 0 saturated heterocycles. The molecule has 6 heteroatoms. The first kappa shape index (κ1) is 21.2. The molecule has 0 aromatic heterocycles. The van der Waals surface area contributed by atoms with Crippen molar-refractivity contribution in [2.75, 3.05) is 7.11 Å². The first-order valence-corrected chi connectivity index (χ1v) is 11.5. The lowest BCUT2D eigenvalue weighted by Crippen LogP contribution is -2.22. The minimum atomic E-state index is 0.0464. The lowest BCUT2D eigenvalue weighted by molar-refractivity contribution is -0.123. The van der Waals surface area contributed by atoms with Gasteiger partial charge in [0.2, 0.25) is 5.91 Å². The Bertz CT molecular complexity index is 947. The van der Waals surface area contributed by atoms with E-state index in [-0.39, 0.29) is 17.2 Å². The molecule has 0 heterocycles. The fourth-order valence-corrected chi connectivity index (χ4v) is 5.56. The van der Waals surface area contributed by atoms with Crippen molar-refractivity contribution in [3.8, 4) is 11.5 Å². The average molecular weight is 518 g/mol. The summed E-state index contributed by atoms with van der Waals surface area (Å²) in [7, 11) is 1.62. The largest absolute Gasteiger partial charge is 0.493 e. The van der Waals surface area contributed by atoms with Gasteiger partial charge in [-0.2, -0.15) is 5.10 Å². The van der Waals surface area contributed by atoms with Gasteiger partial charge < -0.3 is 9.47 Å². The highest BCUT2D eigenvalue weighted by Gasteiger charge is 2.64. The van der Waals surface area contributed by atoms with Gasteiger partial charge in [-0.1, -0.05) is 50.1 Å². The zero-order valence-electron chi connectivity index (χ0n) is 17.4. The van der Waals surface area contributed by atoms with Crippen LogP contribution in [0.2, 0.25) is 0 Å². The van der Waals surface area contributed by atoms with E-state index in [0.717, 1.165) is 27.5 Å². The number of hydrogen-bond acceptors (Lipinski definition) is 4. The Balaban J connectivity index is 1.39. The van der Waals surface area contributed by atoms with Crippen molar-refractivity contribution in [1.82, 2.24) is 5.43 Å². The molecule has 2 aromatic rings. The summed E-state index contributed by atoms with van der Waals surface area (Å²) in [5, 5.41) is 4.21. The number of nitrogens with one attached hydrogen (secondary N) is 1. The third kappa shape index (κ3) is 4.33. The quantitative estimate of drug-likeness (QED) is 0.313. The second-order valence-corrected chi connectivity index (χ2v) is 9.54. The monoisotopic (exact) mass is 518 g/mol. The Morgan fingerprint density at radius 1 is 1.30 bits per heavy atom. The zero-order chi connectivity index (χ0) is 21.1. The smallest absolute Gasteiger partial charge is 0.244 e. The SMILES string of the molecule is COc1cc(/C=N\NC(=O)[C@@H]2[C@@H]3CCCC[C@@]23C)cc(I)c1OCc1ccccc1. The van der Waals surface area contributed by atoms with Gasteiger partial charge in [0.25, 0.3) is 0 Å². The van der Waals surface area contributed by atoms with E-state index < -0.39 is 0 Å². The molecule has 30 heavy (non-hydrogen) atoms. The van der Waals surface area contributed by atoms with Crippen LogP contribution in [0.3, 0.4) is 0 Å². The highest BCUT2D eigenvalue weighted by molar-refractivity contribution is 14.1. The maximum atomic E-state index is 12.6. The van der Waals surface area contributed by atoms with E-state index in [1.807, 2.05) is 42.5 Å². The first-order chi connectivity index (χ1) is 14.5. The first-order valence-electron chi connectivity index (χ1n) is 10.4. The molecule has 0 aliphatic heterocycles. The lowest BCUT2D eigenvalue weighted by atomic mass is 9.90. The third-order valence-electron chi connectivity index (χ3n) is 6.48. The predicted octanol–water partition coefficient (Wildman–Crippen LogP) is 5.16. The van der Waals surface area contributed by atoms with Gasteiger partial charge >= 0.3 is 0 Å². The number of fused-ring (bicyclic) bond motifs is 1. The van der Waals surface area contributed by atoms with Gasteiger partial charge in [-0.05, 0) is 70.0 Å². The summed E-state index contributed by atoms with van der Waals surface area (Å²) in [6, 6.07) is 13.9. The van der Waals surface area contributed by atoms with Crippen LogP contribution in [0, 0.1) is 20.8 Å². The van der Waals surface area contributed by atoms with Gasteiger partial charge in [-0.15, -0.1) is 0 Å². The Hall–Kier alpha value is -2.09. The minimum absolute atomic E-state index is 0.0464. The van der Waals surface area contributed by atoms with Gasteiger partial charge in [-0.25, -0.2) is 5.43 Å². The molecule has 0 radical (unpaired) electrons. The number of amides is 1. The molecule has 5 nitrogen and oxygen atoms in total. The van der Waals surface area contributed by atoms with Crippen LogP contribution in [0.1, 0.15) is 43.7 Å². The number of halogens is 1. The predicted molar refractivity (Wildman–Crippen MR) is 126 cm³/mol. The number of rotatable bonds is 7. The van der Waals surface area contributed by atoms with Crippen LogP contribution >= 0.6 is 22.6 Å². The summed E-state index contributed by atoms with van der Waals surface area (Å²) in [5.41, 5.74) is 4.88. The number of hydrazone groups is 1. The van der Waals surface area contributed by atoms with Gasteiger partial charge in [0, 0.05) is 5.92 Å². The molecule has 0 bridgehead atoms. The van der Waals surface area contributed by atoms with E-state index in [2.05, 4.69) is 40.0 Å². The zero-order valence-corrected chi connectivity index (χ0v) is 19.5. The number of nitrogens with zero attached hydrogens (tertiary/aromatic N) is 1. The van der Waals surface area contributed by atoms with Gasteiger partial charge in [0.1, 0.15) is 6.61 Å². The number of hydrogen-bond donors (Lipinski definition) is 1. The summed E-state index contributed by atoms with van der Waals surface area (Å²) < 4.78 is 12.5. The molecule has 3 atom stereocenters. The molecule has 4 rings (SSSR count). The van der Waals surface area contributed by atoms with Crippen LogP contribution in [0.4, 0.5) is 0 Å². The van der Waals surface area contributed by atoms with Crippen molar-refractivity contribution < 1.29 is 14.3 Å². The van der Waals surface area contributed by atoms with Crippen LogP contribution in [0.15, 0.2) is 47.6 Å². The molecule has 2 aliphatic carbocycles. The maximum Gasteiger partial charge on any atom is 0.244 e. The van der Waals surface area contributed by atoms with Crippen molar-refractivity contribution in [2.45, 2.75) is 39.2 Å². The van der Waals surface area contributed by atoms with E-state index >= 15 is 0 Å². The standard InChI is InChI=1S/C24H27IN2O3/c1-24-11-7-6-10-18(24)21(24)23(28)27-26-14-17-12-19(25)22(20(13-17)29-2)30-15-16-8-4-3-5-9-16/h3-5,8-9,12-14,18,21H,6-7,10-11,15H2,1-2H3,(H,27,28)/b26-14-/t18-,21-,24+/m0/s1.